The van der Waals surface area contributed by atoms with Crippen LogP contribution in [0, 0.1) is 0 Å². The highest BCUT2D eigenvalue weighted by Crippen LogP contribution is 2.35. The second kappa shape index (κ2) is 9.75. The van der Waals surface area contributed by atoms with Crippen LogP contribution < -0.4 is 19.5 Å². The minimum absolute atomic E-state index is 0.324. The molecule has 0 saturated carbocycles. The average Bonchev–Trinajstić information content (AvgIpc) is 3.25. The molecular weight excluding hydrogens is 408 g/mol. The summed E-state index contributed by atoms with van der Waals surface area (Å²) in [6.45, 7) is -0.428. The van der Waals surface area contributed by atoms with E-state index in [1.165, 1.54) is 18.4 Å². The number of hydrogen-bond donors (Lipinski definition) is 1. The molecule has 3 aromatic rings. The molecule has 30 heavy (non-hydrogen) atoms. The molecule has 156 valence electrons. The van der Waals surface area contributed by atoms with Gasteiger partial charge in [0.05, 0.1) is 32.6 Å². The minimum Gasteiger partial charge on any atom is -0.497 e. The molecule has 0 atom stereocenters. The monoisotopic (exact) mass is 428 g/mol. The summed E-state index contributed by atoms with van der Waals surface area (Å²) >= 11 is 1.25. The van der Waals surface area contributed by atoms with Crippen LogP contribution in [0.25, 0.3) is 11.3 Å². The number of nitrogens with one attached hydrogen (secondary N) is 1. The van der Waals surface area contributed by atoms with Gasteiger partial charge in [0.1, 0.15) is 17.2 Å². The third-order valence-electron chi connectivity index (χ3n) is 4.09. The molecule has 0 saturated heterocycles. The Bertz CT molecular complexity index is 1030. The van der Waals surface area contributed by atoms with Crippen molar-refractivity contribution in [1.82, 2.24) is 4.98 Å². The molecule has 1 amide bonds. The largest absolute Gasteiger partial charge is 0.497 e. The van der Waals surface area contributed by atoms with Crippen LogP contribution in [0.1, 0.15) is 10.4 Å². The van der Waals surface area contributed by atoms with E-state index in [9.17, 15) is 9.59 Å². The highest BCUT2D eigenvalue weighted by Gasteiger charge is 2.15. The highest BCUT2D eigenvalue weighted by atomic mass is 32.1. The summed E-state index contributed by atoms with van der Waals surface area (Å²) in [6, 6.07) is 11.8. The van der Waals surface area contributed by atoms with Gasteiger partial charge in [0.15, 0.2) is 11.7 Å². The van der Waals surface area contributed by atoms with Crippen LogP contribution in [0.15, 0.2) is 47.8 Å². The molecule has 1 N–H and O–H groups in total. The first-order valence-electron chi connectivity index (χ1n) is 8.83. The van der Waals surface area contributed by atoms with Gasteiger partial charge in [0.25, 0.3) is 5.91 Å². The Morgan fingerprint density at radius 2 is 1.67 bits per heavy atom. The lowest BCUT2D eigenvalue weighted by Gasteiger charge is -2.08. The fraction of sp³-hybridized carbons (Fsp3) is 0.190. The molecule has 9 heteroatoms. The quantitative estimate of drug-likeness (QED) is 0.547. The number of nitrogens with zero attached hydrogens (tertiary/aromatic N) is 1. The molecule has 0 aliphatic carbocycles. The molecule has 0 spiro atoms. The molecule has 1 aromatic heterocycles. The van der Waals surface area contributed by atoms with Gasteiger partial charge in [-0.2, -0.15) is 0 Å². The van der Waals surface area contributed by atoms with Crippen molar-refractivity contribution in [2.45, 2.75) is 0 Å². The number of carbonyl (C=O) groups is 2. The predicted molar refractivity (Wildman–Crippen MR) is 113 cm³/mol. The number of esters is 1. The summed E-state index contributed by atoms with van der Waals surface area (Å²) in [5.74, 6) is 0.822. The summed E-state index contributed by atoms with van der Waals surface area (Å²) in [5, 5.41) is 4.79. The molecule has 0 fully saturated rings. The molecular formula is C21H20N2O6S. The second-order valence-corrected chi connectivity index (χ2v) is 6.82. The minimum atomic E-state index is -0.603. The maximum absolute atomic E-state index is 12.1. The van der Waals surface area contributed by atoms with Crippen molar-refractivity contribution in [3.05, 3.63) is 53.4 Å². The number of anilines is 1. The first-order valence-corrected chi connectivity index (χ1v) is 9.71. The Kier molecular flexibility index (Phi) is 6.87. The molecule has 3 rings (SSSR count). The van der Waals surface area contributed by atoms with Gasteiger partial charge in [-0.1, -0.05) is 0 Å². The van der Waals surface area contributed by atoms with E-state index in [1.807, 2.05) is 0 Å². The average molecular weight is 428 g/mol. The van der Waals surface area contributed by atoms with Crippen molar-refractivity contribution in [3.8, 4) is 28.5 Å². The van der Waals surface area contributed by atoms with Gasteiger partial charge >= 0.3 is 5.97 Å². The maximum atomic E-state index is 12.1. The van der Waals surface area contributed by atoms with Crippen molar-refractivity contribution in [2.24, 2.45) is 0 Å². The zero-order valence-electron chi connectivity index (χ0n) is 16.6. The fourth-order valence-electron chi connectivity index (χ4n) is 2.57. The fourth-order valence-corrected chi connectivity index (χ4v) is 3.29. The number of thiazole rings is 1. The van der Waals surface area contributed by atoms with Crippen LogP contribution in [0.5, 0.6) is 17.2 Å². The number of methoxy groups -OCH3 is 3. The molecule has 0 radical (unpaired) electrons. The first kappa shape index (κ1) is 21.1. The lowest BCUT2D eigenvalue weighted by Crippen LogP contribution is -2.20. The van der Waals surface area contributed by atoms with E-state index in [2.05, 4.69) is 10.3 Å². The topological polar surface area (TPSA) is 96.0 Å². The third-order valence-corrected chi connectivity index (χ3v) is 4.85. The molecule has 0 aliphatic rings. The summed E-state index contributed by atoms with van der Waals surface area (Å²) in [4.78, 5) is 28.6. The molecule has 2 aromatic carbocycles. The predicted octanol–water partition coefficient (Wildman–Crippen LogP) is 3.63. The van der Waals surface area contributed by atoms with E-state index in [4.69, 9.17) is 18.9 Å². The van der Waals surface area contributed by atoms with Crippen LogP contribution in [0.4, 0.5) is 5.13 Å². The Hall–Kier alpha value is -3.59. The van der Waals surface area contributed by atoms with E-state index in [0.29, 0.717) is 33.6 Å². The van der Waals surface area contributed by atoms with Gasteiger partial charge in [0.2, 0.25) is 0 Å². The van der Waals surface area contributed by atoms with Crippen LogP contribution in [0.3, 0.4) is 0 Å². The van der Waals surface area contributed by atoms with Gasteiger partial charge in [-0.15, -0.1) is 11.3 Å². The smallest absolute Gasteiger partial charge is 0.338 e. The second-order valence-electron chi connectivity index (χ2n) is 5.96. The van der Waals surface area contributed by atoms with E-state index in [1.54, 1.807) is 62.1 Å². The zero-order valence-corrected chi connectivity index (χ0v) is 17.4. The van der Waals surface area contributed by atoms with Crippen LogP contribution in [0.2, 0.25) is 0 Å². The molecule has 0 unspecified atom stereocenters. The lowest BCUT2D eigenvalue weighted by atomic mass is 10.1. The van der Waals surface area contributed by atoms with Crippen molar-refractivity contribution < 1.29 is 28.5 Å². The van der Waals surface area contributed by atoms with E-state index in [0.717, 1.165) is 5.56 Å². The summed E-state index contributed by atoms with van der Waals surface area (Å²) in [6.07, 6.45) is 0. The summed E-state index contributed by atoms with van der Waals surface area (Å²) in [7, 11) is 4.68. The Morgan fingerprint density at radius 3 is 2.33 bits per heavy atom. The number of aromatic nitrogens is 1. The number of benzene rings is 2. The normalized spacial score (nSPS) is 10.2. The number of hydrogen-bond acceptors (Lipinski definition) is 8. The highest BCUT2D eigenvalue weighted by molar-refractivity contribution is 7.14. The van der Waals surface area contributed by atoms with Gasteiger partial charge in [-0.05, 0) is 42.5 Å². The van der Waals surface area contributed by atoms with Gasteiger partial charge in [-0.3, -0.25) is 10.1 Å². The van der Waals surface area contributed by atoms with Crippen LogP contribution in [-0.2, 0) is 9.53 Å². The summed E-state index contributed by atoms with van der Waals surface area (Å²) in [5.41, 5.74) is 1.69. The van der Waals surface area contributed by atoms with E-state index in [-0.39, 0.29) is 0 Å². The van der Waals surface area contributed by atoms with Gasteiger partial charge in [-0.25, -0.2) is 9.78 Å². The molecule has 0 aliphatic heterocycles. The maximum Gasteiger partial charge on any atom is 0.338 e. The number of carbonyl (C=O) groups excluding carboxylic acids is 2. The number of amides is 1. The Balaban J connectivity index is 1.60. The lowest BCUT2D eigenvalue weighted by molar-refractivity contribution is -0.119. The molecule has 8 nitrogen and oxygen atoms in total. The summed E-state index contributed by atoms with van der Waals surface area (Å²) < 4.78 is 20.7. The van der Waals surface area contributed by atoms with E-state index >= 15 is 0 Å². The SMILES string of the molecule is COc1ccc(C(=O)OCC(=O)Nc2nc(-c3cc(OC)ccc3OC)cs2)cc1. The third kappa shape index (κ3) is 5.06. The van der Waals surface area contributed by atoms with E-state index < -0.39 is 18.5 Å². The Morgan fingerprint density at radius 1 is 0.967 bits per heavy atom. The first-order chi connectivity index (χ1) is 14.5. The Labute approximate surface area is 177 Å². The van der Waals surface area contributed by atoms with Gasteiger partial charge in [0, 0.05) is 10.9 Å². The van der Waals surface area contributed by atoms with Gasteiger partial charge < -0.3 is 18.9 Å². The number of rotatable bonds is 8. The van der Waals surface area contributed by atoms with Crippen molar-refractivity contribution in [1.29, 1.82) is 0 Å². The molecule has 1 heterocycles. The van der Waals surface area contributed by atoms with Crippen molar-refractivity contribution in [3.63, 3.8) is 0 Å². The van der Waals surface area contributed by atoms with Crippen molar-refractivity contribution in [2.75, 3.05) is 33.3 Å². The van der Waals surface area contributed by atoms with Crippen LogP contribution >= 0.6 is 11.3 Å². The van der Waals surface area contributed by atoms with Crippen molar-refractivity contribution >= 4 is 28.3 Å². The molecule has 0 bridgehead atoms. The van der Waals surface area contributed by atoms with Crippen LogP contribution in [-0.4, -0.2) is 44.8 Å². The standard InChI is InChI=1S/C21H20N2O6S/c1-26-14-6-4-13(5-7-14)20(25)29-11-19(24)23-21-22-17(12-30-21)16-10-15(27-2)8-9-18(16)28-3/h4-10,12H,11H2,1-3H3,(H,22,23,24). The number of ether oxygens (including phenoxy) is 4. The zero-order chi connectivity index (χ0) is 21.5.